The van der Waals surface area contributed by atoms with Gasteiger partial charge in [-0.3, -0.25) is 9.59 Å². The summed E-state index contributed by atoms with van der Waals surface area (Å²) < 4.78 is 6.93. The number of amides is 1. The molecule has 0 aromatic carbocycles. The second kappa shape index (κ2) is 7.87. The molecule has 0 N–H and O–H groups in total. The highest BCUT2D eigenvalue weighted by Crippen LogP contribution is 2.42. The fourth-order valence-corrected chi connectivity index (χ4v) is 5.06. The Bertz CT molecular complexity index is 948. The predicted molar refractivity (Wildman–Crippen MR) is 110 cm³/mol. The third-order valence-corrected chi connectivity index (χ3v) is 6.80. The summed E-state index contributed by atoms with van der Waals surface area (Å²) in [6, 6.07) is 1.57. The molecule has 0 spiro atoms. The molecule has 1 aliphatic carbocycles. The van der Waals surface area contributed by atoms with E-state index >= 15 is 0 Å². The smallest absolute Gasteiger partial charge is 0.269 e. The van der Waals surface area contributed by atoms with Crippen LogP contribution in [0.15, 0.2) is 22.6 Å². The van der Waals surface area contributed by atoms with Crippen LogP contribution in [0.1, 0.15) is 53.0 Å². The molecule has 5 rings (SSSR count). The number of likely N-dealkylation sites (tertiary alicyclic amines) is 1. The first-order valence-electron chi connectivity index (χ1n) is 10.3. The summed E-state index contributed by atoms with van der Waals surface area (Å²) in [4.78, 5) is 35.1. The summed E-state index contributed by atoms with van der Waals surface area (Å²) in [5.41, 5.74) is 3.48. The minimum absolute atomic E-state index is 0.0529. The average Bonchev–Trinajstić information content (AvgIpc) is 3.50. The summed E-state index contributed by atoms with van der Waals surface area (Å²) >= 11 is 1.44. The van der Waals surface area contributed by atoms with Gasteiger partial charge in [0.25, 0.3) is 11.5 Å². The molecule has 2 saturated heterocycles. The quantitative estimate of drug-likeness (QED) is 0.759. The number of morpholine rings is 1. The Hall–Kier alpha value is -2.26. The summed E-state index contributed by atoms with van der Waals surface area (Å²) in [5.74, 6) is 0.509. The van der Waals surface area contributed by atoms with Gasteiger partial charge in [-0.1, -0.05) is 0 Å². The van der Waals surface area contributed by atoms with Gasteiger partial charge in [0, 0.05) is 38.2 Å². The van der Waals surface area contributed by atoms with Crippen molar-refractivity contribution in [1.82, 2.24) is 19.7 Å². The number of carbonyl (C=O) groups is 1. The normalized spacial score (nSPS) is 22.7. The first-order valence-corrected chi connectivity index (χ1v) is 11.2. The first kappa shape index (κ1) is 18.7. The van der Waals surface area contributed by atoms with Gasteiger partial charge in [0.2, 0.25) is 0 Å². The lowest BCUT2D eigenvalue weighted by molar-refractivity contribution is 0.0673. The third-order valence-electron chi connectivity index (χ3n) is 5.97. The van der Waals surface area contributed by atoms with E-state index in [1.807, 2.05) is 4.90 Å². The van der Waals surface area contributed by atoms with Crippen LogP contribution in [0, 0.1) is 0 Å². The van der Waals surface area contributed by atoms with E-state index in [2.05, 4.69) is 15.0 Å². The van der Waals surface area contributed by atoms with Gasteiger partial charge < -0.3 is 14.5 Å². The highest BCUT2D eigenvalue weighted by Gasteiger charge is 2.34. The van der Waals surface area contributed by atoms with Crippen LogP contribution in [0.5, 0.6) is 0 Å². The first-order chi connectivity index (χ1) is 14.2. The minimum Gasteiger partial charge on any atom is -0.378 e. The van der Waals surface area contributed by atoms with Gasteiger partial charge in [-0.15, -0.1) is 11.3 Å². The van der Waals surface area contributed by atoms with Gasteiger partial charge in [0.1, 0.15) is 4.88 Å². The highest BCUT2D eigenvalue weighted by molar-refractivity contribution is 7.11. The van der Waals surface area contributed by atoms with Crippen molar-refractivity contribution in [3.8, 4) is 0 Å². The van der Waals surface area contributed by atoms with Crippen LogP contribution in [-0.4, -0.2) is 65.0 Å². The van der Waals surface area contributed by atoms with Gasteiger partial charge in [0.15, 0.2) is 0 Å². The fraction of sp³-hybridized carbons (Fsp3) is 0.600. The van der Waals surface area contributed by atoms with Crippen LogP contribution in [-0.2, 0) is 4.74 Å². The molecule has 8 nitrogen and oxygen atoms in total. The molecule has 2 aromatic heterocycles. The zero-order valence-corrected chi connectivity index (χ0v) is 17.1. The summed E-state index contributed by atoms with van der Waals surface area (Å²) in [5, 5.41) is 4.46. The Kier molecular flexibility index (Phi) is 5.09. The molecule has 2 aromatic rings. The lowest BCUT2D eigenvalue weighted by Crippen LogP contribution is -2.44. The van der Waals surface area contributed by atoms with E-state index in [-0.39, 0.29) is 17.5 Å². The zero-order valence-electron chi connectivity index (χ0n) is 16.3. The third kappa shape index (κ3) is 3.81. The largest absolute Gasteiger partial charge is 0.378 e. The van der Waals surface area contributed by atoms with E-state index in [9.17, 15) is 9.59 Å². The molecule has 1 saturated carbocycles. The fourth-order valence-electron chi connectivity index (χ4n) is 4.22. The van der Waals surface area contributed by atoms with Crippen LogP contribution >= 0.6 is 11.3 Å². The van der Waals surface area contributed by atoms with E-state index in [1.165, 1.54) is 11.3 Å². The van der Waals surface area contributed by atoms with Gasteiger partial charge >= 0.3 is 0 Å². The molecule has 1 amide bonds. The number of hydrogen-bond acceptors (Lipinski definition) is 7. The topological polar surface area (TPSA) is 80.6 Å². The molecular formula is C20H25N5O3S. The van der Waals surface area contributed by atoms with Crippen molar-refractivity contribution in [3.63, 3.8) is 0 Å². The molecule has 0 radical (unpaired) electrons. The summed E-state index contributed by atoms with van der Waals surface area (Å²) in [7, 11) is 0. The Morgan fingerprint density at radius 1 is 1.17 bits per heavy atom. The van der Waals surface area contributed by atoms with Crippen LogP contribution in [0.4, 0.5) is 5.69 Å². The Labute approximate surface area is 173 Å². The van der Waals surface area contributed by atoms with E-state index in [0.29, 0.717) is 25.7 Å². The Morgan fingerprint density at radius 2 is 2.00 bits per heavy atom. The number of anilines is 1. The number of aromatic nitrogens is 3. The number of hydrogen-bond donors (Lipinski definition) is 0. The van der Waals surface area contributed by atoms with E-state index < -0.39 is 0 Å². The maximum Gasteiger partial charge on any atom is 0.269 e. The molecule has 0 bridgehead atoms. The number of ether oxygens (including phenoxy) is 1. The van der Waals surface area contributed by atoms with E-state index in [0.717, 1.165) is 61.6 Å². The standard InChI is InChI=1S/C20H25N5O3S/c26-17-10-16(23-6-8-28-9-7-23)11-22-25(17)15-2-1-5-24(12-15)20(27)19-18(14-3-4-14)21-13-29-19/h10-11,13-15H,1-9,12H2/t15-/m1/s1. The van der Waals surface area contributed by atoms with E-state index in [4.69, 9.17) is 4.74 Å². The second-order valence-corrected chi connectivity index (χ2v) is 8.84. The van der Waals surface area contributed by atoms with Crippen molar-refractivity contribution in [2.45, 2.75) is 37.6 Å². The molecule has 3 aliphatic rings. The van der Waals surface area contributed by atoms with Crippen LogP contribution in [0.25, 0.3) is 0 Å². The lowest BCUT2D eigenvalue weighted by Gasteiger charge is -2.33. The number of thiazole rings is 1. The summed E-state index contributed by atoms with van der Waals surface area (Å²) in [6.07, 6.45) is 5.74. The maximum absolute atomic E-state index is 13.1. The van der Waals surface area contributed by atoms with Crippen molar-refractivity contribution < 1.29 is 9.53 Å². The number of piperidine rings is 1. The van der Waals surface area contributed by atoms with Gasteiger partial charge in [-0.2, -0.15) is 5.10 Å². The van der Waals surface area contributed by atoms with Crippen molar-refractivity contribution in [2.75, 3.05) is 44.3 Å². The molecule has 154 valence electrons. The maximum atomic E-state index is 13.1. The molecule has 0 unspecified atom stereocenters. The lowest BCUT2D eigenvalue weighted by atomic mass is 10.1. The van der Waals surface area contributed by atoms with Gasteiger partial charge in [-0.25, -0.2) is 9.67 Å². The van der Waals surface area contributed by atoms with Crippen molar-refractivity contribution in [3.05, 3.63) is 38.7 Å². The number of nitrogens with zero attached hydrogens (tertiary/aromatic N) is 5. The van der Waals surface area contributed by atoms with Crippen molar-refractivity contribution in [1.29, 1.82) is 0 Å². The Balaban J connectivity index is 1.32. The predicted octanol–water partition coefficient (Wildman–Crippen LogP) is 1.89. The molecule has 3 fully saturated rings. The van der Waals surface area contributed by atoms with E-state index in [1.54, 1.807) is 22.5 Å². The molecule has 9 heteroatoms. The molecule has 2 aliphatic heterocycles. The molecule has 4 heterocycles. The van der Waals surface area contributed by atoms with Crippen LogP contribution < -0.4 is 10.5 Å². The number of carbonyl (C=O) groups excluding carboxylic acids is 1. The van der Waals surface area contributed by atoms with Crippen LogP contribution in [0.3, 0.4) is 0 Å². The monoisotopic (exact) mass is 415 g/mol. The minimum atomic E-state index is -0.107. The highest BCUT2D eigenvalue weighted by atomic mass is 32.1. The van der Waals surface area contributed by atoms with Crippen molar-refractivity contribution in [2.24, 2.45) is 0 Å². The number of rotatable bonds is 4. The van der Waals surface area contributed by atoms with Crippen LogP contribution in [0.2, 0.25) is 0 Å². The molecular weight excluding hydrogens is 390 g/mol. The van der Waals surface area contributed by atoms with Gasteiger partial charge in [0.05, 0.1) is 42.3 Å². The molecule has 1 atom stereocenters. The SMILES string of the molecule is O=C(c1scnc1C1CC1)N1CCC[C@@H](n2ncc(N3CCOCC3)cc2=O)C1. The summed E-state index contributed by atoms with van der Waals surface area (Å²) in [6.45, 7) is 4.12. The van der Waals surface area contributed by atoms with Crippen molar-refractivity contribution >= 4 is 22.9 Å². The van der Waals surface area contributed by atoms with Gasteiger partial charge in [-0.05, 0) is 25.7 Å². The Morgan fingerprint density at radius 3 is 2.76 bits per heavy atom. The average molecular weight is 416 g/mol. The zero-order chi connectivity index (χ0) is 19.8. The molecule has 29 heavy (non-hydrogen) atoms. The second-order valence-electron chi connectivity index (χ2n) is 7.98.